The lowest BCUT2D eigenvalue weighted by atomic mass is 9.94. The number of carbonyl (C=O) groups excluding carboxylic acids is 1. The number of primary amides is 1. The van der Waals surface area contributed by atoms with Gasteiger partial charge in [0.05, 0.1) is 11.3 Å². The first kappa shape index (κ1) is 15.4. The zero-order valence-corrected chi connectivity index (χ0v) is 12.2. The number of aromatic nitrogens is 2. The Hall–Kier alpha value is -1.95. The second-order valence-corrected chi connectivity index (χ2v) is 5.14. The number of nitrogens with two attached hydrogens (primary N) is 1. The second-order valence-electron chi connectivity index (χ2n) is 4.71. The first-order valence-corrected chi connectivity index (χ1v) is 6.61. The van der Waals surface area contributed by atoms with Gasteiger partial charge in [-0.25, -0.2) is 8.78 Å². The van der Waals surface area contributed by atoms with Gasteiger partial charge in [0.25, 0.3) is 12.3 Å². The third-order valence-corrected chi connectivity index (χ3v) is 3.60. The van der Waals surface area contributed by atoms with E-state index in [0.717, 1.165) is 5.56 Å². The average Bonchev–Trinajstić information content (AvgIpc) is 2.76. The molecule has 2 aromatic rings. The highest BCUT2D eigenvalue weighted by Gasteiger charge is 2.29. The fourth-order valence-corrected chi connectivity index (χ4v) is 2.50. The highest BCUT2D eigenvalue weighted by atomic mass is 35.5. The number of amides is 1. The highest BCUT2D eigenvalue weighted by Crippen LogP contribution is 2.32. The standard InChI is InChI=1S/C14H14ClF2N3O/c1-7(8-3-5-9(15)6-4-8)12-10(14(18)21)11(13(16)17)19-20(12)2/h3-7,13H,1-2H3,(H2,18,21). The van der Waals surface area contributed by atoms with Crippen LogP contribution in [0.1, 0.15) is 46.6 Å². The van der Waals surface area contributed by atoms with E-state index < -0.39 is 18.0 Å². The summed E-state index contributed by atoms with van der Waals surface area (Å²) in [5.41, 5.74) is 5.65. The number of carbonyl (C=O) groups is 1. The summed E-state index contributed by atoms with van der Waals surface area (Å²) in [7, 11) is 1.51. The lowest BCUT2D eigenvalue weighted by Gasteiger charge is -2.14. The van der Waals surface area contributed by atoms with E-state index in [0.29, 0.717) is 10.7 Å². The molecule has 1 unspecified atom stereocenters. The van der Waals surface area contributed by atoms with Gasteiger partial charge in [0, 0.05) is 18.0 Å². The first-order valence-electron chi connectivity index (χ1n) is 6.23. The lowest BCUT2D eigenvalue weighted by Crippen LogP contribution is -2.17. The molecule has 1 amide bonds. The molecular formula is C14H14ClF2N3O. The Kier molecular flexibility index (Phi) is 4.27. The largest absolute Gasteiger partial charge is 0.365 e. The number of nitrogens with zero attached hydrogens (tertiary/aromatic N) is 2. The van der Waals surface area contributed by atoms with Crippen molar-refractivity contribution in [3.63, 3.8) is 0 Å². The van der Waals surface area contributed by atoms with Crippen molar-refractivity contribution in [1.82, 2.24) is 9.78 Å². The van der Waals surface area contributed by atoms with Crippen LogP contribution in [0.4, 0.5) is 8.78 Å². The minimum atomic E-state index is -2.86. The molecule has 0 bridgehead atoms. The molecule has 0 aliphatic heterocycles. The van der Waals surface area contributed by atoms with E-state index in [-0.39, 0.29) is 11.5 Å². The summed E-state index contributed by atoms with van der Waals surface area (Å²) >= 11 is 5.83. The molecule has 4 nitrogen and oxygen atoms in total. The van der Waals surface area contributed by atoms with Gasteiger partial charge < -0.3 is 5.73 Å². The maximum absolute atomic E-state index is 13.0. The number of rotatable bonds is 4. The van der Waals surface area contributed by atoms with Crippen LogP contribution in [0.25, 0.3) is 0 Å². The minimum Gasteiger partial charge on any atom is -0.365 e. The number of halogens is 3. The van der Waals surface area contributed by atoms with Crippen molar-refractivity contribution < 1.29 is 13.6 Å². The van der Waals surface area contributed by atoms with Gasteiger partial charge in [-0.15, -0.1) is 0 Å². The Morgan fingerprint density at radius 1 is 1.33 bits per heavy atom. The molecule has 0 saturated carbocycles. The number of benzene rings is 1. The Balaban J connectivity index is 2.57. The zero-order valence-electron chi connectivity index (χ0n) is 11.5. The van der Waals surface area contributed by atoms with E-state index in [4.69, 9.17) is 17.3 Å². The quantitative estimate of drug-likeness (QED) is 0.941. The minimum absolute atomic E-state index is 0.213. The van der Waals surface area contributed by atoms with Gasteiger partial charge in [-0.3, -0.25) is 9.48 Å². The van der Waals surface area contributed by atoms with E-state index >= 15 is 0 Å². The van der Waals surface area contributed by atoms with Crippen molar-refractivity contribution in [1.29, 1.82) is 0 Å². The molecule has 0 fully saturated rings. The van der Waals surface area contributed by atoms with Crippen molar-refractivity contribution in [2.75, 3.05) is 0 Å². The van der Waals surface area contributed by atoms with Crippen LogP contribution >= 0.6 is 11.6 Å². The topological polar surface area (TPSA) is 60.9 Å². The van der Waals surface area contributed by atoms with E-state index in [1.54, 1.807) is 31.2 Å². The molecule has 1 heterocycles. The summed E-state index contributed by atoms with van der Waals surface area (Å²) in [6.07, 6.45) is -2.86. The third kappa shape index (κ3) is 2.90. The molecular weight excluding hydrogens is 300 g/mol. The monoisotopic (exact) mass is 313 g/mol. The molecule has 1 aromatic carbocycles. The summed E-state index contributed by atoms with van der Waals surface area (Å²) in [6.45, 7) is 1.79. The van der Waals surface area contributed by atoms with Gasteiger partial charge in [0.2, 0.25) is 0 Å². The Morgan fingerprint density at radius 2 is 1.90 bits per heavy atom. The van der Waals surface area contributed by atoms with Crippen molar-refractivity contribution in [2.24, 2.45) is 12.8 Å². The van der Waals surface area contributed by atoms with Crippen molar-refractivity contribution in [3.8, 4) is 0 Å². The molecule has 0 saturated heterocycles. The van der Waals surface area contributed by atoms with Crippen LogP contribution in [0.2, 0.25) is 5.02 Å². The first-order chi connectivity index (χ1) is 9.82. The van der Waals surface area contributed by atoms with Gasteiger partial charge in [0.15, 0.2) is 0 Å². The van der Waals surface area contributed by atoms with E-state index in [1.165, 1.54) is 11.7 Å². The van der Waals surface area contributed by atoms with Crippen molar-refractivity contribution in [3.05, 3.63) is 51.8 Å². The molecule has 0 aliphatic rings. The molecule has 21 heavy (non-hydrogen) atoms. The summed E-state index contributed by atoms with van der Waals surface area (Å²) in [5, 5.41) is 4.30. The molecule has 0 radical (unpaired) electrons. The molecule has 1 atom stereocenters. The molecule has 0 aliphatic carbocycles. The molecule has 2 rings (SSSR count). The van der Waals surface area contributed by atoms with Crippen LogP contribution in [0.15, 0.2) is 24.3 Å². The van der Waals surface area contributed by atoms with Crippen molar-refractivity contribution in [2.45, 2.75) is 19.3 Å². The fourth-order valence-electron chi connectivity index (χ4n) is 2.37. The second kappa shape index (κ2) is 5.81. The fraction of sp³-hybridized carbons (Fsp3) is 0.286. The summed E-state index contributed by atoms with van der Waals surface area (Å²) in [6, 6.07) is 6.93. The predicted molar refractivity (Wildman–Crippen MR) is 75.7 cm³/mol. The van der Waals surface area contributed by atoms with Crippen LogP contribution in [-0.4, -0.2) is 15.7 Å². The normalized spacial score (nSPS) is 12.7. The van der Waals surface area contributed by atoms with Crippen LogP contribution < -0.4 is 5.73 Å². The Labute approximate surface area is 125 Å². The van der Waals surface area contributed by atoms with Crippen LogP contribution in [0.5, 0.6) is 0 Å². The number of aryl methyl sites for hydroxylation is 1. The van der Waals surface area contributed by atoms with Gasteiger partial charge in [-0.2, -0.15) is 5.10 Å². The lowest BCUT2D eigenvalue weighted by molar-refractivity contribution is 0.0983. The Morgan fingerprint density at radius 3 is 2.38 bits per heavy atom. The maximum atomic E-state index is 13.0. The van der Waals surface area contributed by atoms with E-state index in [9.17, 15) is 13.6 Å². The summed E-state index contributed by atoms with van der Waals surface area (Å²) in [5.74, 6) is -1.23. The van der Waals surface area contributed by atoms with Crippen LogP contribution in [0.3, 0.4) is 0 Å². The van der Waals surface area contributed by atoms with Gasteiger partial charge >= 0.3 is 0 Å². The van der Waals surface area contributed by atoms with Gasteiger partial charge in [0.1, 0.15) is 5.69 Å². The zero-order chi connectivity index (χ0) is 15.7. The third-order valence-electron chi connectivity index (χ3n) is 3.35. The molecule has 2 N–H and O–H groups in total. The van der Waals surface area contributed by atoms with E-state index in [1.807, 2.05) is 0 Å². The SMILES string of the molecule is CC(c1ccc(Cl)cc1)c1c(C(N)=O)c(C(F)F)nn1C. The molecule has 1 aromatic heterocycles. The maximum Gasteiger partial charge on any atom is 0.282 e. The molecule has 7 heteroatoms. The van der Waals surface area contributed by atoms with Gasteiger partial charge in [-0.05, 0) is 17.7 Å². The van der Waals surface area contributed by atoms with Crippen LogP contribution in [0, 0.1) is 0 Å². The number of hydrogen-bond acceptors (Lipinski definition) is 2. The summed E-state index contributed by atoms with van der Waals surface area (Å²) in [4.78, 5) is 11.6. The number of alkyl halides is 2. The van der Waals surface area contributed by atoms with Crippen molar-refractivity contribution >= 4 is 17.5 Å². The molecule has 0 spiro atoms. The average molecular weight is 314 g/mol. The van der Waals surface area contributed by atoms with Gasteiger partial charge in [-0.1, -0.05) is 30.7 Å². The molecule has 112 valence electrons. The summed E-state index contributed by atoms with van der Waals surface area (Å²) < 4.78 is 27.3. The smallest absolute Gasteiger partial charge is 0.282 e. The van der Waals surface area contributed by atoms with Crippen LogP contribution in [-0.2, 0) is 7.05 Å². The Bertz CT molecular complexity index is 668. The highest BCUT2D eigenvalue weighted by molar-refractivity contribution is 6.30. The predicted octanol–water partition coefficient (Wildman–Crippen LogP) is 3.26. The number of hydrogen-bond donors (Lipinski definition) is 1. The van der Waals surface area contributed by atoms with E-state index in [2.05, 4.69) is 5.10 Å².